The summed E-state index contributed by atoms with van der Waals surface area (Å²) in [5.41, 5.74) is 1.63. The van der Waals surface area contributed by atoms with Gasteiger partial charge in [-0.3, -0.25) is 0 Å². The fourth-order valence-corrected chi connectivity index (χ4v) is 1.43. The highest BCUT2D eigenvalue weighted by molar-refractivity contribution is 6.30. The molecule has 0 radical (unpaired) electrons. The summed E-state index contributed by atoms with van der Waals surface area (Å²) in [6.07, 6.45) is 6.87. The normalized spacial score (nSPS) is 10.1. The summed E-state index contributed by atoms with van der Waals surface area (Å²) in [5, 5.41) is 8.65. The molecule has 0 fully saturated rings. The summed E-state index contributed by atoms with van der Waals surface area (Å²) in [5.74, 6) is 2.39. The average molecular weight is 248 g/mol. The van der Waals surface area contributed by atoms with Gasteiger partial charge in [-0.15, -0.1) is 11.5 Å². The number of benzene rings is 1. The van der Waals surface area contributed by atoms with Crippen LogP contribution in [0.1, 0.15) is 5.69 Å². The molecule has 0 spiro atoms. The monoisotopic (exact) mass is 247 g/mol. The van der Waals surface area contributed by atoms with Gasteiger partial charge in [0.15, 0.2) is 0 Å². The van der Waals surface area contributed by atoms with Crippen molar-refractivity contribution in [2.45, 2.75) is 6.61 Å². The molecule has 1 heterocycles. The Morgan fingerprint density at radius 1 is 1.35 bits per heavy atom. The number of rotatable bonds is 4. The molecule has 0 amide bonds. The van der Waals surface area contributed by atoms with Crippen molar-refractivity contribution in [2.75, 3.05) is 6.61 Å². The predicted molar refractivity (Wildman–Crippen MR) is 64.9 cm³/mol. The molecule has 0 N–H and O–H groups in total. The average Bonchev–Trinajstić information content (AvgIpc) is 2.79. The molecule has 0 saturated carbocycles. The van der Waals surface area contributed by atoms with Crippen molar-refractivity contribution in [1.29, 1.82) is 0 Å². The summed E-state index contributed by atoms with van der Waals surface area (Å²) in [6.45, 7) is 0.631. The van der Waals surface area contributed by atoms with Gasteiger partial charge in [0, 0.05) is 5.02 Å². The second-order valence-corrected chi connectivity index (χ2v) is 3.76. The summed E-state index contributed by atoms with van der Waals surface area (Å²) < 4.78 is 6.82. The van der Waals surface area contributed by atoms with Gasteiger partial charge in [-0.2, -0.15) is 0 Å². The maximum Gasteiger partial charge on any atom is 0.109 e. The molecule has 0 unspecified atom stereocenters. The van der Waals surface area contributed by atoms with Crippen molar-refractivity contribution in [2.24, 2.45) is 0 Å². The first-order chi connectivity index (χ1) is 8.29. The topological polar surface area (TPSA) is 39.9 Å². The third kappa shape index (κ3) is 3.06. The summed E-state index contributed by atoms with van der Waals surface area (Å²) in [6, 6.07) is 7.33. The van der Waals surface area contributed by atoms with E-state index < -0.39 is 0 Å². The lowest BCUT2D eigenvalue weighted by molar-refractivity contribution is 0.150. The van der Waals surface area contributed by atoms with Gasteiger partial charge in [0.05, 0.1) is 18.5 Å². The minimum Gasteiger partial charge on any atom is -0.362 e. The molecule has 17 heavy (non-hydrogen) atoms. The molecule has 0 aliphatic heterocycles. The summed E-state index contributed by atoms with van der Waals surface area (Å²) in [4.78, 5) is 0. The standard InChI is InChI=1S/C12H10ClN3O/c1-2-7-17-9-11-8-16(15-14-11)12-5-3-10(13)4-6-12/h1,3-6,8H,7,9H2. The minimum absolute atomic E-state index is 0.272. The number of ether oxygens (including phenoxy) is 1. The molecular weight excluding hydrogens is 238 g/mol. The minimum atomic E-state index is 0.272. The second-order valence-electron chi connectivity index (χ2n) is 3.33. The van der Waals surface area contributed by atoms with Gasteiger partial charge in [0.1, 0.15) is 12.3 Å². The molecular formula is C12H10ClN3O. The molecule has 0 aliphatic carbocycles. The third-order valence-corrected chi connectivity index (χ3v) is 2.32. The van der Waals surface area contributed by atoms with Crippen molar-refractivity contribution in [3.8, 4) is 18.0 Å². The van der Waals surface area contributed by atoms with Crippen LogP contribution in [0.25, 0.3) is 5.69 Å². The molecule has 2 aromatic rings. The molecule has 5 heteroatoms. The molecule has 0 saturated heterocycles. The van der Waals surface area contributed by atoms with E-state index in [9.17, 15) is 0 Å². The Balaban J connectivity index is 2.08. The lowest BCUT2D eigenvalue weighted by atomic mass is 10.3. The van der Waals surface area contributed by atoms with E-state index in [4.69, 9.17) is 22.8 Å². The van der Waals surface area contributed by atoms with Crippen LogP contribution in [-0.2, 0) is 11.3 Å². The zero-order chi connectivity index (χ0) is 12.1. The van der Waals surface area contributed by atoms with Crippen molar-refractivity contribution in [1.82, 2.24) is 15.0 Å². The molecule has 1 aromatic carbocycles. The van der Waals surface area contributed by atoms with Crippen molar-refractivity contribution in [3.63, 3.8) is 0 Å². The highest BCUT2D eigenvalue weighted by atomic mass is 35.5. The Morgan fingerprint density at radius 3 is 2.82 bits per heavy atom. The molecule has 2 rings (SSSR count). The highest BCUT2D eigenvalue weighted by Crippen LogP contribution is 2.12. The van der Waals surface area contributed by atoms with Crippen LogP contribution in [0.15, 0.2) is 30.5 Å². The van der Waals surface area contributed by atoms with Crippen LogP contribution in [0.2, 0.25) is 5.02 Å². The van der Waals surface area contributed by atoms with Crippen LogP contribution in [0.3, 0.4) is 0 Å². The smallest absolute Gasteiger partial charge is 0.109 e. The zero-order valence-corrected chi connectivity index (χ0v) is 9.76. The molecule has 0 atom stereocenters. The van der Waals surface area contributed by atoms with Gasteiger partial charge in [-0.1, -0.05) is 22.7 Å². The number of halogens is 1. The van der Waals surface area contributed by atoms with Gasteiger partial charge in [-0.25, -0.2) is 4.68 Å². The Kier molecular flexibility index (Phi) is 3.76. The van der Waals surface area contributed by atoms with E-state index in [0.29, 0.717) is 11.6 Å². The Labute approximate surface area is 104 Å². The first kappa shape index (κ1) is 11.6. The highest BCUT2D eigenvalue weighted by Gasteiger charge is 2.02. The first-order valence-corrected chi connectivity index (χ1v) is 5.36. The van der Waals surface area contributed by atoms with Crippen LogP contribution in [-0.4, -0.2) is 21.6 Å². The van der Waals surface area contributed by atoms with E-state index in [-0.39, 0.29) is 6.61 Å². The molecule has 1 aromatic heterocycles. The van der Waals surface area contributed by atoms with Crippen LogP contribution < -0.4 is 0 Å². The van der Waals surface area contributed by atoms with Gasteiger partial charge >= 0.3 is 0 Å². The number of hydrogen-bond donors (Lipinski definition) is 0. The summed E-state index contributed by atoms with van der Waals surface area (Å²) >= 11 is 5.80. The van der Waals surface area contributed by atoms with Gasteiger partial charge in [-0.05, 0) is 24.3 Å². The Bertz CT molecular complexity index is 527. The van der Waals surface area contributed by atoms with Gasteiger partial charge < -0.3 is 4.74 Å². The van der Waals surface area contributed by atoms with Gasteiger partial charge in [0.25, 0.3) is 0 Å². The molecule has 0 aliphatic rings. The predicted octanol–water partition coefficient (Wildman–Crippen LogP) is 2.07. The largest absolute Gasteiger partial charge is 0.362 e. The van der Waals surface area contributed by atoms with Crippen molar-refractivity contribution < 1.29 is 4.74 Å². The van der Waals surface area contributed by atoms with E-state index in [2.05, 4.69) is 16.2 Å². The fourth-order valence-electron chi connectivity index (χ4n) is 1.30. The Morgan fingerprint density at radius 2 is 2.12 bits per heavy atom. The quantitative estimate of drug-likeness (QED) is 0.613. The Hall–Kier alpha value is -1.83. The van der Waals surface area contributed by atoms with Crippen molar-refractivity contribution in [3.05, 3.63) is 41.2 Å². The van der Waals surface area contributed by atoms with Gasteiger partial charge in [0.2, 0.25) is 0 Å². The van der Waals surface area contributed by atoms with Crippen molar-refractivity contribution >= 4 is 11.6 Å². The first-order valence-electron chi connectivity index (χ1n) is 4.98. The van der Waals surface area contributed by atoms with E-state index in [1.807, 2.05) is 12.1 Å². The van der Waals surface area contributed by atoms with Crippen LogP contribution >= 0.6 is 11.6 Å². The van der Waals surface area contributed by atoms with E-state index in [0.717, 1.165) is 11.4 Å². The SMILES string of the molecule is C#CCOCc1cn(-c2ccc(Cl)cc2)nn1. The third-order valence-electron chi connectivity index (χ3n) is 2.07. The fraction of sp³-hybridized carbons (Fsp3) is 0.167. The maximum absolute atomic E-state index is 5.80. The number of hydrogen-bond acceptors (Lipinski definition) is 3. The van der Waals surface area contributed by atoms with E-state index >= 15 is 0 Å². The van der Waals surface area contributed by atoms with E-state index in [1.165, 1.54) is 0 Å². The molecule has 4 nitrogen and oxygen atoms in total. The van der Waals surface area contributed by atoms with E-state index in [1.54, 1.807) is 23.0 Å². The maximum atomic E-state index is 5.80. The zero-order valence-electron chi connectivity index (χ0n) is 9.01. The van der Waals surface area contributed by atoms with Crippen LogP contribution in [0.4, 0.5) is 0 Å². The van der Waals surface area contributed by atoms with Crippen LogP contribution in [0.5, 0.6) is 0 Å². The second kappa shape index (κ2) is 5.48. The molecule has 86 valence electrons. The lowest BCUT2D eigenvalue weighted by Crippen LogP contribution is -1.94. The molecule has 0 bridgehead atoms. The number of terminal acetylenes is 1. The summed E-state index contributed by atoms with van der Waals surface area (Å²) in [7, 11) is 0. The van der Waals surface area contributed by atoms with Crippen LogP contribution in [0, 0.1) is 12.3 Å². The number of nitrogens with zero attached hydrogens (tertiary/aromatic N) is 3. The lowest BCUT2D eigenvalue weighted by Gasteiger charge is -1.98. The number of aromatic nitrogens is 3.